The van der Waals surface area contributed by atoms with E-state index < -0.39 is 0 Å². The monoisotopic (exact) mass is 332 g/mol. The summed E-state index contributed by atoms with van der Waals surface area (Å²) in [4.78, 5) is 4.49. The lowest BCUT2D eigenvalue weighted by molar-refractivity contribution is 0.843. The summed E-state index contributed by atoms with van der Waals surface area (Å²) in [5.74, 6) is 0. The smallest absolute Gasteiger partial charge is 0.161 e. The van der Waals surface area contributed by atoms with Crippen molar-refractivity contribution in [2.45, 2.75) is 18.6 Å². The average Bonchev–Trinajstić information content (AvgIpc) is 2.69. The van der Waals surface area contributed by atoms with Crippen LogP contribution in [0, 0.1) is 3.57 Å². The number of rotatable bonds is 2. The van der Waals surface area contributed by atoms with Gasteiger partial charge < -0.3 is 5.32 Å². The van der Waals surface area contributed by atoms with E-state index in [1.54, 1.807) is 0 Å². The van der Waals surface area contributed by atoms with Gasteiger partial charge in [0.25, 0.3) is 0 Å². The third-order valence-electron chi connectivity index (χ3n) is 2.29. The molecule has 0 aliphatic carbocycles. The first-order valence-corrected chi connectivity index (χ1v) is 6.98. The van der Waals surface area contributed by atoms with Gasteiger partial charge in [0.2, 0.25) is 0 Å². The fraction of sp³-hybridized carbons (Fsp3) is 0.364. The van der Waals surface area contributed by atoms with E-state index in [2.05, 4.69) is 52.0 Å². The Kier molecular flexibility index (Phi) is 3.91. The van der Waals surface area contributed by atoms with Crippen LogP contribution in [0.3, 0.4) is 0 Å². The molecule has 2 nitrogen and oxygen atoms in total. The Bertz CT molecular complexity index is 379. The maximum atomic E-state index is 4.49. The summed E-state index contributed by atoms with van der Waals surface area (Å²) in [6, 6.07) is 8.28. The molecule has 1 heterocycles. The molecule has 1 aromatic carbocycles. The highest BCUT2D eigenvalue weighted by atomic mass is 127. The highest BCUT2D eigenvalue weighted by molar-refractivity contribution is 14.1. The first-order chi connectivity index (χ1) is 7.29. The van der Waals surface area contributed by atoms with Crippen LogP contribution >= 0.6 is 34.4 Å². The zero-order valence-corrected chi connectivity index (χ0v) is 11.5. The lowest BCUT2D eigenvalue weighted by Crippen LogP contribution is -2.07. The Hall–Kier alpha value is -0.230. The van der Waals surface area contributed by atoms with Gasteiger partial charge in [-0.05, 0) is 41.1 Å². The van der Waals surface area contributed by atoms with Gasteiger partial charge in [0.05, 0.1) is 12.2 Å². The summed E-state index contributed by atoms with van der Waals surface area (Å²) in [7, 11) is 0. The SMILES string of the molecule is CCC1CN=C(Nc2ccccc2I)S1. The number of thioether (sulfide) groups is 1. The molecule has 0 saturated carbocycles. The van der Waals surface area contributed by atoms with E-state index in [0.717, 1.165) is 17.4 Å². The molecule has 0 amide bonds. The van der Waals surface area contributed by atoms with E-state index in [4.69, 9.17) is 0 Å². The minimum Gasteiger partial charge on any atom is -0.334 e. The predicted molar refractivity (Wildman–Crippen MR) is 76.8 cm³/mol. The van der Waals surface area contributed by atoms with Crippen LogP contribution in [0.4, 0.5) is 5.69 Å². The van der Waals surface area contributed by atoms with E-state index in [9.17, 15) is 0 Å². The summed E-state index contributed by atoms with van der Waals surface area (Å²) in [5.41, 5.74) is 1.15. The van der Waals surface area contributed by atoms with Crippen LogP contribution in [-0.2, 0) is 0 Å². The van der Waals surface area contributed by atoms with E-state index in [1.165, 1.54) is 9.99 Å². The van der Waals surface area contributed by atoms with Gasteiger partial charge in [0.15, 0.2) is 5.17 Å². The highest BCUT2D eigenvalue weighted by Gasteiger charge is 2.17. The van der Waals surface area contributed by atoms with Gasteiger partial charge in [-0.3, -0.25) is 4.99 Å². The molecule has 80 valence electrons. The van der Waals surface area contributed by atoms with Crippen LogP contribution in [-0.4, -0.2) is 17.0 Å². The second-order valence-corrected chi connectivity index (χ2v) is 5.85. The van der Waals surface area contributed by atoms with Gasteiger partial charge in [0, 0.05) is 8.82 Å². The molecule has 1 unspecified atom stereocenters. The Morgan fingerprint density at radius 2 is 2.33 bits per heavy atom. The number of aliphatic imine (C=N–C) groups is 1. The molecule has 0 fully saturated rings. The molecule has 0 spiro atoms. The summed E-state index contributed by atoms with van der Waals surface area (Å²) in [5, 5.41) is 5.10. The summed E-state index contributed by atoms with van der Waals surface area (Å²) < 4.78 is 1.23. The van der Waals surface area contributed by atoms with Crippen molar-refractivity contribution in [1.82, 2.24) is 0 Å². The van der Waals surface area contributed by atoms with Crippen molar-refractivity contribution in [2.75, 3.05) is 11.9 Å². The van der Waals surface area contributed by atoms with Crippen LogP contribution in [0.2, 0.25) is 0 Å². The lowest BCUT2D eigenvalue weighted by Gasteiger charge is -2.08. The standard InChI is InChI=1S/C11H13IN2S/c1-2-8-7-13-11(15-8)14-10-6-4-3-5-9(10)12/h3-6,8H,2,7H2,1H3,(H,13,14). The van der Waals surface area contributed by atoms with Crippen LogP contribution < -0.4 is 5.32 Å². The molecular formula is C11H13IN2S. The molecule has 2 rings (SSSR count). The van der Waals surface area contributed by atoms with Crippen LogP contribution in [0.15, 0.2) is 29.3 Å². The number of nitrogens with one attached hydrogen (secondary N) is 1. The van der Waals surface area contributed by atoms with Crippen LogP contribution in [0.25, 0.3) is 0 Å². The Labute approximate surface area is 108 Å². The highest BCUT2D eigenvalue weighted by Crippen LogP contribution is 2.26. The van der Waals surface area contributed by atoms with Gasteiger partial charge in [-0.2, -0.15) is 0 Å². The van der Waals surface area contributed by atoms with Crippen molar-refractivity contribution in [1.29, 1.82) is 0 Å². The molecule has 1 aromatic rings. The quantitative estimate of drug-likeness (QED) is 0.837. The molecule has 1 N–H and O–H groups in total. The zero-order valence-electron chi connectivity index (χ0n) is 8.53. The maximum absolute atomic E-state index is 4.49. The number of halogens is 1. The third kappa shape index (κ3) is 2.87. The number of benzene rings is 1. The minimum absolute atomic E-state index is 0.661. The van der Waals surface area contributed by atoms with Crippen molar-refractivity contribution in [3.8, 4) is 0 Å². The Balaban J connectivity index is 2.02. The number of hydrogen-bond acceptors (Lipinski definition) is 3. The molecule has 0 aromatic heterocycles. The second-order valence-electron chi connectivity index (χ2n) is 3.40. The molecule has 0 radical (unpaired) electrons. The average molecular weight is 332 g/mol. The van der Waals surface area contributed by atoms with E-state index >= 15 is 0 Å². The van der Waals surface area contributed by atoms with Gasteiger partial charge in [-0.25, -0.2) is 0 Å². The molecular weight excluding hydrogens is 319 g/mol. The van der Waals surface area contributed by atoms with Crippen LogP contribution in [0.5, 0.6) is 0 Å². The second kappa shape index (κ2) is 5.21. The Morgan fingerprint density at radius 1 is 1.53 bits per heavy atom. The topological polar surface area (TPSA) is 24.4 Å². The number of anilines is 1. The number of nitrogens with zero attached hydrogens (tertiary/aromatic N) is 1. The van der Waals surface area contributed by atoms with E-state index in [-0.39, 0.29) is 0 Å². The normalized spacial score (nSPS) is 20.1. The molecule has 15 heavy (non-hydrogen) atoms. The zero-order chi connectivity index (χ0) is 10.7. The first kappa shape index (κ1) is 11.3. The molecule has 1 aliphatic rings. The largest absolute Gasteiger partial charge is 0.334 e. The van der Waals surface area contributed by atoms with Gasteiger partial charge in [0.1, 0.15) is 0 Å². The van der Waals surface area contributed by atoms with Gasteiger partial charge in [-0.1, -0.05) is 30.8 Å². The first-order valence-electron chi connectivity index (χ1n) is 5.02. The third-order valence-corrected chi connectivity index (χ3v) is 4.50. The summed E-state index contributed by atoms with van der Waals surface area (Å²) >= 11 is 4.18. The van der Waals surface area contributed by atoms with Crippen molar-refractivity contribution in [2.24, 2.45) is 4.99 Å². The lowest BCUT2D eigenvalue weighted by atomic mass is 10.3. The Morgan fingerprint density at radius 3 is 3.00 bits per heavy atom. The minimum atomic E-state index is 0.661. The van der Waals surface area contributed by atoms with E-state index in [1.807, 2.05) is 23.9 Å². The fourth-order valence-electron chi connectivity index (χ4n) is 1.38. The molecule has 4 heteroatoms. The number of amidine groups is 1. The molecule has 1 atom stereocenters. The molecule has 0 bridgehead atoms. The van der Waals surface area contributed by atoms with Crippen molar-refractivity contribution in [3.05, 3.63) is 27.8 Å². The van der Waals surface area contributed by atoms with Gasteiger partial charge in [-0.15, -0.1) is 0 Å². The summed E-state index contributed by atoms with van der Waals surface area (Å²) in [6.45, 7) is 3.16. The summed E-state index contributed by atoms with van der Waals surface area (Å²) in [6.07, 6.45) is 1.19. The van der Waals surface area contributed by atoms with Gasteiger partial charge >= 0.3 is 0 Å². The predicted octanol–water partition coefficient (Wildman–Crippen LogP) is 3.58. The van der Waals surface area contributed by atoms with E-state index in [0.29, 0.717) is 5.25 Å². The molecule has 0 saturated heterocycles. The van der Waals surface area contributed by atoms with Crippen molar-refractivity contribution in [3.63, 3.8) is 0 Å². The fourth-order valence-corrected chi connectivity index (χ4v) is 2.85. The van der Waals surface area contributed by atoms with Crippen molar-refractivity contribution < 1.29 is 0 Å². The van der Waals surface area contributed by atoms with Crippen molar-refractivity contribution >= 4 is 45.2 Å². The molecule has 1 aliphatic heterocycles. The maximum Gasteiger partial charge on any atom is 0.161 e. The number of hydrogen-bond donors (Lipinski definition) is 1. The number of para-hydroxylation sites is 1. The van der Waals surface area contributed by atoms with Crippen LogP contribution in [0.1, 0.15) is 13.3 Å².